The summed E-state index contributed by atoms with van der Waals surface area (Å²) in [4.78, 5) is 0. The van der Waals surface area contributed by atoms with Gasteiger partial charge >= 0.3 is 0 Å². The van der Waals surface area contributed by atoms with Gasteiger partial charge in [-0.3, -0.25) is 0 Å². The third kappa shape index (κ3) is 3.00. The van der Waals surface area contributed by atoms with Crippen LogP contribution in [0, 0.1) is 5.82 Å². The van der Waals surface area contributed by atoms with Gasteiger partial charge in [0.15, 0.2) is 0 Å². The maximum Gasteiger partial charge on any atom is 0.123 e. The summed E-state index contributed by atoms with van der Waals surface area (Å²) in [6.45, 7) is 0. The molecule has 0 amide bonds. The van der Waals surface area contributed by atoms with Gasteiger partial charge in [0, 0.05) is 0 Å². The summed E-state index contributed by atoms with van der Waals surface area (Å²) in [5, 5.41) is 0. The molecular weight excluding hydrogens is 218 g/mol. The molecule has 17 heavy (non-hydrogen) atoms. The van der Waals surface area contributed by atoms with E-state index >= 15 is 0 Å². The van der Waals surface area contributed by atoms with Crippen LogP contribution in [-0.2, 0) is 6.42 Å². The summed E-state index contributed by atoms with van der Waals surface area (Å²) in [5.74, 6) is -0.238. The van der Waals surface area contributed by atoms with Crippen LogP contribution in [0.15, 0.2) is 60.9 Å². The Balaban J connectivity index is 2.20. The fourth-order valence-corrected chi connectivity index (χ4v) is 1.66. The predicted molar refractivity (Wildman–Crippen MR) is 65.8 cm³/mol. The first-order valence-corrected chi connectivity index (χ1v) is 5.40. The molecule has 2 heteroatoms. The van der Waals surface area contributed by atoms with E-state index in [1.807, 2.05) is 24.3 Å². The van der Waals surface area contributed by atoms with Crippen molar-refractivity contribution in [1.29, 1.82) is 0 Å². The fraction of sp³-hybridized carbons (Fsp3) is 0.0667. The molecule has 0 aliphatic heterocycles. The van der Waals surface area contributed by atoms with E-state index < -0.39 is 0 Å². The van der Waals surface area contributed by atoms with Crippen molar-refractivity contribution in [3.8, 4) is 11.1 Å². The summed E-state index contributed by atoms with van der Waals surface area (Å²) in [7, 11) is 0. The molecule has 0 bridgehead atoms. The molecule has 0 spiro atoms. The van der Waals surface area contributed by atoms with Crippen molar-refractivity contribution in [3.05, 3.63) is 72.3 Å². The van der Waals surface area contributed by atoms with Crippen LogP contribution in [0.5, 0.6) is 0 Å². The molecule has 0 unspecified atom stereocenters. The topological polar surface area (TPSA) is 0 Å². The second-order valence-electron chi connectivity index (χ2n) is 3.77. The molecule has 2 aromatic rings. The van der Waals surface area contributed by atoms with Gasteiger partial charge in [-0.2, -0.15) is 0 Å². The molecule has 0 N–H and O–H groups in total. The van der Waals surface area contributed by atoms with Crippen LogP contribution in [0.1, 0.15) is 5.56 Å². The lowest BCUT2D eigenvalue weighted by Crippen LogP contribution is -1.82. The van der Waals surface area contributed by atoms with Gasteiger partial charge < -0.3 is 0 Å². The molecule has 0 atom stereocenters. The molecule has 0 aliphatic carbocycles. The second-order valence-corrected chi connectivity index (χ2v) is 3.77. The highest BCUT2D eigenvalue weighted by Crippen LogP contribution is 2.20. The third-order valence-corrected chi connectivity index (χ3v) is 2.57. The predicted octanol–water partition coefficient (Wildman–Crippen LogP) is 4.52. The lowest BCUT2D eigenvalue weighted by molar-refractivity contribution is 0.628. The Labute approximate surface area is 99.2 Å². The molecule has 0 saturated heterocycles. The first-order valence-electron chi connectivity index (χ1n) is 5.40. The lowest BCUT2D eigenvalue weighted by atomic mass is 10.0. The molecule has 2 aromatic carbocycles. The molecular formula is C15H12F2. The molecule has 0 heterocycles. The molecule has 0 nitrogen and oxygen atoms in total. The van der Waals surface area contributed by atoms with Gasteiger partial charge in [-0.05, 0) is 35.2 Å². The molecule has 0 saturated carbocycles. The summed E-state index contributed by atoms with van der Waals surface area (Å²) in [6.07, 6.45) is 2.60. The van der Waals surface area contributed by atoms with Crippen LogP contribution < -0.4 is 0 Å². The van der Waals surface area contributed by atoms with E-state index in [-0.39, 0.29) is 5.82 Å². The van der Waals surface area contributed by atoms with E-state index in [0.29, 0.717) is 12.8 Å². The Bertz CT molecular complexity index is 495. The molecule has 86 valence electrons. The van der Waals surface area contributed by atoms with E-state index in [1.54, 1.807) is 12.1 Å². The van der Waals surface area contributed by atoms with E-state index in [0.717, 1.165) is 16.7 Å². The van der Waals surface area contributed by atoms with Crippen LogP contribution in [0.2, 0.25) is 0 Å². The average Bonchev–Trinajstić information content (AvgIpc) is 2.38. The van der Waals surface area contributed by atoms with Gasteiger partial charge in [-0.25, -0.2) is 8.78 Å². The van der Waals surface area contributed by atoms with Crippen molar-refractivity contribution in [3.63, 3.8) is 0 Å². The maximum atomic E-state index is 12.8. The number of rotatable bonds is 3. The molecule has 0 fully saturated rings. The molecule has 0 aromatic heterocycles. The zero-order valence-electron chi connectivity index (χ0n) is 9.24. The van der Waals surface area contributed by atoms with Crippen LogP contribution in [0.4, 0.5) is 8.78 Å². The molecule has 0 radical (unpaired) electrons. The van der Waals surface area contributed by atoms with Crippen molar-refractivity contribution in [2.75, 3.05) is 0 Å². The van der Waals surface area contributed by atoms with Gasteiger partial charge in [0.2, 0.25) is 0 Å². The Morgan fingerprint density at radius 3 is 1.88 bits per heavy atom. The summed E-state index contributed by atoms with van der Waals surface area (Å²) in [5.41, 5.74) is 3.04. The van der Waals surface area contributed by atoms with Crippen LogP contribution in [-0.4, -0.2) is 0 Å². The van der Waals surface area contributed by atoms with Crippen molar-refractivity contribution in [2.45, 2.75) is 6.42 Å². The van der Waals surface area contributed by atoms with Gasteiger partial charge in [0.25, 0.3) is 0 Å². The summed E-state index contributed by atoms with van der Waals surface area (Å²) < 4.78 is 24.6. The maximum absolute atomic E-state index is 12.8. The van der Waals surface area contributed by atoms with Crippen molar-refractivity contribution < 1.29 is 8.78 Å². The molecule has 0 aliphatic rings. The average molecular weight is 230 g/mol. The normalized spacial score (nSPS) is 10.9. The Morgan fingerprint density at radius 1 is 0.824 bits per heavy atom. The van der Waals surface area contributed by atoms with Crippen molar-refractivity contribution >= 4 is 0 Å². The van der Waals surface area contributed by atoms with E-state index in [4.69, 9.17) is 0 Å². The highest BCUT2D eigenvalue weighted by molar-refractivity contribution is 5.63. The minimum Gasteiger partial charge on any atom is -0.216 e. The monoisotopic (exact) mass is 230 g/mol. The minimum atomic E-state index is -0.238. The van der Waals surface area contributed by atoms with Crippen LogP contribution in [0.25, 0.3) is 11.1 Å². The Hall–Kier alpha value is -1.96. The highest BCUT2D eigenvalue weighted by atomic mass is 19.1. The zero-order valence-corrected chi connectivity index (χ0v) is 9.24. The largest absolute Gasteiger partial charge is 0.216 e. The number of hydrogen-bond acceptors (Lipinski definition) is 0. The van der Waals surface area contributed by atoms with Gasteiger partial charge in [-0.1, -0.05) is 42.5 Å². The standard InChI is InChI=1S/C15H12F2/c16-11-1-2-12-3-5-13(6-4-12)14-7-9-15(17)10-8-14/h1,3-11H,2H2. The third-order valence-electron chi connectivity index (χ3n) is 2.57. The second kappa shape index (κ2) is 5.39. The van der Waals surface area contributed by atoms with Gasteiger partial charge in [0.1, 0.15) is 5.82 Å². The molecule has 2 rings (SSSR count). The number of halogens is 2. The minimum absolute atomic E-state index is 0.238. The number of hydrogen-bond donors (Lipinski definition) is 0. The zero-order chi connectivity index (χ0) is 12.1. The quantitative estimate of drug-likeness (QED) is 0.727. The van der Waals surface area contributed by atoms with Gasteiger partial charge in [-0.15, -0.1) is 0 Å². The van der Waals surface area contributed by atoms with Crippen LogP contribution in [0.3, 0.4) is 0 Å². The SMILES string of the molecule is FC=CCc1ccc(-c2ccc(F)cc2)cc1. The van der Waals surface area contributed by atoms with E-state index in [9.17, 15) is 8.78 Å². The van der Waals surface area contributed by atoms with Gasteiger partial charge in [0.05, 0.1) is 6.33 Å². The Morgan fingerprint density at radius 2 is 1.35 bits per heavy atom. The van der Waals surface area contributed by atoms with E-state index in [2.05, 4.69) is 0 Å². The summed E-state index contributed by atoms with van der Waals surface area (Å²) >= 11 is 0. The smallest absolute Gasteiger partial charge is 0.123 e. The van der Waals surface area contributed by atoms with Crippen molar-refractivity contribution in [2.24, 2.45) is 0 Å². The lowest BCUT2D eigenvalue weighted by Gasteiger charge is -2.03. The van der Waals surface area contributed by atoms with Crippen LogP contribution >= 0.6 is 0 Å². The Kier molecular flexibility index (Phi) is 3.66. The van der Waals surface area contributed by atoms with Crippen molar-refractivity contribution in [1.82, 2.24) is 0 Å². The summed E-state index contributed by atoms with van der Waals surface area (Å²) in [6, 6.07) is 14.2. The number of allylic oxidation sites excluding steroid dienone is 1. The number of benzene rings is 2. The first-order chi connectivity index (χ1) is 8.29. The highest BCUT2D eigenvalue weighted by Gasteiger charge is 1.98. The fourth-order valence-electron chi connectivity index (χ4n) is 1.66. The first kappa shape index (κ1) is 11.5. The van der Waals surface area contributed by atoms with E-state index in [1.165, 1.54) is 18.2 Å².